The van der Waals surface area contributed by atoms with Crippen molar-refractivity contribution in [2.75, 3.05) is 42.6 Å². The molecule has 2 aromatic heterocycles. The van der Waals surface area contributed by atoms with E-state index in [1.54, 1.807) is 18.6 Å². The zero-order chi connectivity index (χ0) is 23.5. The van der Waals surface area contributed by atoms with Crippen LogP contribution >= 0.6 is 0 Å². The average Bonchev–Trinajstić information content (AvgIpc) is 2.84. The molecular formula is C24H30N6O3S. The summed E-state index contributed by atoms with van der Waals surface area (Å²) in [5.74, 6) is 0.833. The zero-order valence-electron chi connectivity index (χ0n) is 19.3. The summed E-state index contributed by atoms with van der Waals surface area (Å²) in [7, 11) is -3.37. The highest BCUT2D eigenvalue weighted by Crippen LogP contribution is 2.31. The van der Waals surface area contributed by atoms with Gasteiger partial charge in [0.25, 0.3) is 0 Å². The summed E-state index contributed by atoms with van der Waals surface area (Å²) < 4.78 is 31.2. The monoisotopic (exact) mass is 482 g/mol. The quantitative estimate of drug-likeness (QED) is 0.552. The molecule has 2 aliphatic rings. The number of hydrogen-bond acceptors (Lipinski definition) is 8. The van der Waals surface area contributed by atoms with Crippen LogP contribution < -0.4 is 10.0 Å². The van der Waals surface area contributed by atoms with Crippen molar-refractivity contribution in [2.45, 2.75) is 37.8 Å². The van der Waals surface area contributed by atoms with Gasteiger partial charge in [0.15, 0.2) is 0 Å². The second kappa shape index (κ2) is 9.81. The summed E-state index contributed by atoms with van der Waals surface area (Å²) in [6.45, 7) is 3.77. The number of rotatable bonds is 6. The molecule has 2 N–H and O–H groups in total. The number of hydrogen-bond donors (Lipinski definition) is 2. The zero-order valence-corrected chi connectivity index (χ0v) is 20.1. The number of morpholine rings is 1. The molecule has 5 rings (SSSR count). The van der Waals surface area contributed by atoms with Crippen molar-refractivity contribution < 1.29 is 13.2 Å². The van der Waals surface area contributed by atoms with Crippen molar-refractivity contribution in [3.05, 3.63) is 43.0 Å². The number of anilines is 2. The van der Waals surface area contributed by atoms with Gasteiger partial charge in [-0.2, -0.15) is 0 Å². The van der Waals surface area contributed by atoms with Crippen molar-refractivity contribution in [1.82, 2.24) is 19.9 Å². The third kappa shape index (κ3) is 5.45. The van der Waals surface area contributed by atoms with E-state index < -0.39 is 10.0 Å². The fraction of sp³-hybridized carbons (Fsp3) is 0.458. The highest BCUT2D eigenvalue weighted by molar-refractivity contribution is 7.92. The normalized spacial score (nSPS) is 21.9. The van der Waals surface area contributed by atoms with E-state index >= 15 is 0 Å². The van der Waals surface area contributed by atoms with E-state index in [9.17, 15) is 8.42 Å². The van der Waals surface area contributed by atoms with Crippen LogP contribution in [0, 0.1) is 0 Å². The molecule has 10 heteroatoms. The minimum Gasteiger partial charge on any atom is -0.379 e. The predicted molar refractivity (Wildman–Crippen MR) is 133 cm³/mol. The number of benzene rings is 1. The van der Waals surface area contributed by atoms with Crippen molar-refractivity contribution >= 4 is 32.4 Å². The Hall–Kier alpha value is -2.82. The Balaban J connectivity index is 1.33. The van der Waals surface area contributed by atoms with Gasteiger partial charge in [0.05, 0.1) is 36.9 Å². The molecule has 0 amide bonds. The topological polar surface area (TPSA) is 109 Å². The minimum atomic E-state index is -3.37. The molecule has 3 aromatic rings. The van der Waals surface area contributed by atoms with Gasteiger partial charge in [0, 0.05) is 42.3 Å². The maximum atomic E-state index is 11.6. The summed E-state index contributed by atoms with van der Waals surface area (Å²) in [5, 5.41) is 4.61. The molecular weight excluding hydrogens is 452 g/mol. The fourth-order valence-electron chi connectivity index (χ4n) is 4.94. The first-order chi connectivity index (χ1) is 16.4. The molecule has 9 nitrogen and oxygen atoms in total. The average molecular weight is 483 g/mol. The van der Waals surface area contributed by atoms with Crippen LogP contribution in [0.5, 0.6) is 0 Å². The molecule has 1 aliphatic carbocycles. The number of fused-ring (bicyclic) bond motifs is 1. The van der Waals surface area contributed by atoms with Crippen molar-refractivity contribution in [2.24, 2.45) is 0 Å². The Labute approximate surface area is 200 Å². The highest BCUT2D eigenvalue weighted by Gasteiger charge is 2.27. The summed E-state index contributed by atoms with van der Waals surface area (Å²) in [5.41, 5.74) is 3.03. The number of nitrogens with zero attached hydrogens (tertiary/aromatic N) is 4. The minimum absolute atomic E-state index is 0.378. The SMILES string of the molecule is CS(=O)(=O)Nc1cncc(-c2ccc3ncnc(NC4CCC(N5CCOCC5)CC4)c3c2)c1. The first-order valence-corrected chi connectivity index (χ1v) is 13.6. The second-order valence-corrected chi connectivity index (χ2v) is 10.8. The van der Waals surface area contributed by atoms with Crippen LogP contribution in [-0.4, -0.2) is 72.9 Å². The second-order valence-electron chi connectivity index (χ2n) is 9.09. The Morgan fingerprint density at radius 1 is 1.00 bits per heavy atom. The summed E-state index contributed by atoms with van der Waals surface area (Å²) in [6.07, 6.45) is 10.5. The van der Waals surface area contributed by atoms with E-state index in [0.29, 0.717) is 17.8 Å². The van der Waals surface area contributed by atoms with Crippen molar-refractivity contribution in [3.8, 4) is 11.1 Å². The highest BCUT2D eigenvalue weighted by atomic mass is 32.2. The van der Waals surface area contributed by atoms with Crippen LogP contribution in [0.2, 0.25) is 0 Å². The van der Waals surface area contributed by atoms with E-state index in [1.807, 2.05) is 18.2 Å². The van der Waals surface area contributed by atoms with Crippen molar-refractivity contribution in [3.63, 3.8) is 0 Å². The Morgan fingerprint density at radius 3 is 2.56 bits per heavy atom. The van der Waals surface area contributed by atoms with Crippen LogP contribution in [0.15, 0.2) is 43.0 Å². The Kier molecular flexibility index (Phi) is 6.62. The molecule has 0 atom stereocenters. The van der Waals surface area contributed by atoms with Crippen LogP contribution in [0.4, 0.5) is 11.5 Å². The first kappa shape index (κ1) is 22.9. The first-order valence-electron chi connectivity index (χ1n) is 11.7. The molecule has 2 fully saturated rings. The van der Waals surface area contributed by atoms with Gasteiger partial charge < -0.3 is 10.1 Å². The molecule has 3 heterocycles. The predicted octanol–water partition coefficient (Wildman–Crippen LogP) is 3.12. The van der Waals surface area contributed by atoms with Gasteiger partial charge in [-0.05, 0) is 49.4 Å². The summed E-state index contributed by atoms with van der Waals surface area (Å²) in [6, 6.07) is 8.77. The smallest absolute Gasteiger partial charge is 0.229 e. The van der Waals surface area contributed by atoms with E-state index in [0.717, 1.165) is 73.2 Å². The van der Waals surface area contributed by atoms with Crippen LogP contribution in [-0.2, 0) is 14.8 Å². The van der Waals surface area contributed by atoms with Gasteiger partial charge in [-0.3, -0.25) is 14.6 Å². The third-order valence-electron chi connectivity index (χ3n) is 6.61. The van der Waals surface area contributed by atoms with Gasteiger partial charge in [0.1, 0.15) is 12.1 Å². The molecule has 0 bridgehead atoms. The van der Waals surface area contributed by atoms with Gasteiger partial charge in [-0.1, -0.05) is 6.07 Å². The van der Waals surface area contributed by atoms with Crippen LogP contribution in [0.25, 0.3) is 22.0 Å². The fourth-order valence-corrected chi connectivity index (χ4v) is 5.48. The van der Waals surface area contributed by atoms with Crippen LogP contribution in [0.3, 0.4) is 0 Å². The van der Waals surface area contributed by atoms with E-state index in [2.05, 4.69) is 29.9 Å². The lowest BCUT2D eigenvalue weighted by atomic mass is 9.90. The van der Waals surface area contributed by atoms with Gasteiger partial charge in [-0.25, -0.2) is 18.4 Å². The third-order valence-corrected chi connectivity index (χ3v) is 7.22. The van der Waals surface area contributed by atoms with E-state index in [-0.39, 0.29) is 0 Å². The Morgan fingerprint density at radius 2 is 1.79 bits per heavy atom. The molecule has 180 valence electrons. The lowest BCUT2D eigenvalue weighted by molar-refractivity contribution is 0.00791. The lowest BCUT2D eigenvalue weighted by Gasteiger charge is -2.39. The summed E-state index contributed by atoms with van der Waals surface area (Å²) >= 11 is 0. The van der Waals surface area contributed by atoms with E-state index in [4.69, 9.17) is 4.74 Å². The van der Waals surface area contributed by atoms with Gasteiger partial charge in [0.2, 0.25) is 10.0 Å². The van der Waals surface area contributed by atoms with Gasteiger partial charge in [-0.15, -0.1) is 0 Å². The van der Waals surface area contributed by atoms with Crippen LogP contribution in [0.1, 0.15) is 25.7 Å². The number of ether oxygens (including phenoxy) is 1. The van der Waals surface area contributed by atoms with E-state index in [1.165, 1.54) is 19.0 Å². The molecule has 0 unspecified atom stereocenters. The maximum absolute atomic E-state index is 11.6. The molecule has 1 aliphatic heterocycles. The number of sulfonamides is 1. The number of pyridine rings is 1. The Bertz CT molecular complexity index is 1250. The largest absolute Gasteiger partial charge is 0.379 e. The number of nitrogens with one attached hydrogen (secondary N) is 2. The summed E-state index contributed by atoms with van der Waals surface area (Å²) in [4.78, 5) is 15.8. The van der Waals surface area contributed by atoms with Crippen molar-refractivity contribution in [1.29, 1.82) is 0 Å². The number of aromatic nitrogens is 3. The lowest BCUT2D eigenvalue weighted by Crippen LogP contribution is -2.46. The van der Waals surface area contributed by atoms with Gasteiger partial charge >= 0.3 is 0 Å². The molecule has 1 aromatic carbocycles. The molecule has 1 saturated heterocycles. The molecule has 0 spiro atoms. The standard InChI is InChI=1S/C24H30N6O3S/c1-34(31,32)29-20-12-18(14-25-15-20)17-2-7-23-22(13-17)24(27-16-26-23)28-19-3-5-21(6-4-19)30-8-10-33-11-9-30/h2,7,12-16,19,21,29H,3-6,8-11H2,1H3,(H,26,27,28). The molecule has 34 heavy (non-hydrogen) atoms. The molecule has 1 saturated carbocycles. The molecule has 0 radical (unpaired) electrons. The maximum Gasteiger partial charge on any atom is 0.229 e.